The van der Waals surface area contributed by atoms with Gasteiger partial charge >= 0.3 is 0 Å². The lowest BCUT2D eigenvalue weighted by molar-refractivity contribution is 0.356. The van der Waals surface area contributed by atoms with Crippen molar-refractivity contribution in [3.63, 3.8) is 0 Å². The van der Waals surface area contributed by atoms with Crippen LogP contribution in [-0.2, 0) is 6.54 Å². The number of hydrogen-bond donors (Lipinski definition) is 2. The van der Waals surface area contributed by atoms with Crippen molar-refractivity contribution in [2.75, 3.05) is 14.2 Å². The summed E-state index contributed by atoms with van der Waals surface area (Å²) in [6, 6.07) is 3.89. The molecule has 2 rings (SSSR count). The second kappa shape index (κ2) is 4.06. The molecule has 2 aromatic rings. The Morgan fingerprint density at radius 1 is 1.19 bits per heavy atom. The number of ether oxygens (including phenoxy) is 2. The molecule has 4 heteroatoms. The number of H-pyrrole nitrogens is 1. The zero-order valence-electron chi connectivity index (χ0n) is 9.76. The first-order valence-corrected chi connectivity index (χ1v) is 5.14. The maximum atomic E-state index is 5.73. The molecule has 0 fully saturated rings. The molecule has 0 radical (unpaired) electrons. The van der Waals surface area contributed by atoms with E-state index in [0.29, 0.717) is 6.54 Å². The molecule has 0 amide bonds. The fourth-order valence-electron chi connectivity index (χ4n) is 1.97. The zero-order chi connectivity index (χ0) is 11.7. The maximum Gasteiger partial charge on any atom is 0.162 e. The fourth-order valence-corrected chi connectivity index (χ4v) is 1.97. The van der Waals surface area contributed by atoms with Crippen LogP contribution in [0.2, 0.25) is 0 Å². The van der Waals surface area contributed by atoms with E-state index < -0.39 is 0 Å². The SMILES string of the molecule is COc1cc2[nH]c(C)c(CN)c2cc1OC. The Balaban J connectivity index is 2.73. The molecule has 0 unspecified atom stereocenters. The van der Waals surface area contributed by atoms with Crippen molar-refractivity contribution in [2.24, 2.45) is 5.73 Å². The van der Waals surface area contributed by atoms with Gasteiger partial charge in [0.15, 0.2) is 11.5 Å². The Bertz CT molecular complexity index is 517. The molecular formula is C12H16N2O2. The molecule has 1 aromatic heterocycles. The third kappa shape index (κ3) is 1.51. The lowest BCUT2D eigenvalue weighted by Crippen LogP contribution is -1.97. The molecule has 4 nitrogen and oxygen atoms in total. The Morgan fingerprint density at radius 2 is 1.81 bits per heavy atom. The molecule has 3 N–H and O–H groups in total. The molecule has 0 bridgehead atoms. The smallest absolute Gasteiger partial charge is 0.162 e. The van der Waals surface area contributed by atoms with Gasteiger partial charge in [0.05, 0.1) is 14.2 Å². The average molecular weight is 220 g/mol. The molecule has 0 aliphatic carbocycles. The van der Waals surface area contributed by atoms with Crippen molar-refractivity contribution in [3.8, 4) is 11.5 Å². The largest absolute Gasteiger partial charge is 0.493 e. The van der Waals surface area contributed by atoms with Crippen LogP contribution in [-0.4, -0.2) is 19.2 Å². The standard InChI is InChI=1S/C12H16N2O2/c1-7-9(6-13)8-4-11(15-2)12(16-3)5-10(8)14-7/h4-5,14H,6,13H2,1-3H3. The van der Waals surface area contributed by atoms with Gasteiger partial charge in [0.25, 0.3) is 0 Å². The number of aromatic amines is 1. The highest BCUT2D eigenvalue weighted by Gasteiger charge is 2.11. The number of fused-ring (bicyclic) bond motifs is 1. The van der Waals surface area contributed by atoms with E-state index in [2.05, 4.69) is 4.98 Å². The molecule has 16 heavy (non-hydrogen) atoms. The van der Waals surface area contributed by atoms with Crippen LogP contribution in [0.25, 0.3) is 10.9 Å². The number of hydrogen-bond acceptors (Lipinski definition) is 3. The van der Waals surface area contributed by atoms with Gasteiger partial charge in [-0.25, -0.2) is 0 Å². The second-order valence-electron chi connectivity index (χ2n) is 3.69. The van der Waals surface area contributed by atoms with E-state index in [1.165, 1.54) is 0 Å². The average Bonchev–Trinajstić information content (AvgIpc) is 2.61. The lowest BCUT2D eigenvalue weighted by Gasteiger charge is -2.07. The Hall–Kier alpha value is -1.68. The fraction of sp³-hybridized carbons (Fsp3) is 0.333. The Kier molecular flexibility index (Phi) is 2.75. The minimum Gasteiger partial charge on any atom is -0.493 e. The first-order valence-electron chi connectivity index (χ1n) is 5.14. The number of rotatable bonds is 3. The molecule has 0 atom stereocenters. The third-order valence-electron chi connectivity index (χ3n) is 2.83. The molecule has 1 heterocycles. The van der Waals surface area contributed by atoms with Gasteiger partial charge in [-0.1, -0.05) is 0 Å². The summed E-state index contributed by atoms with van der Waals surface area (Å²) >= 11 is 0. The Morgan fingerprint density at radius 3 is 2.38 bits per heavy atom. The molecule has 0 spiro atoms. The number of aromatic nitrogens is 1. The van der Waals surface area contributed by atoms with Gasteiger partial charge in [-0.3, -0.25) is 0 Å². The topological polar surface area (TPSA) is 60.3 Å². The van der Waals surface area contributed by atoms with Crippen molar-refractivity contribution in [1.82, 2.24) is 4.98 Å². The highest BCUT2D eigenvalue weighted by Crippen LogP contribution is 2.34. The van der Waals surface area contributed by atoms with Gasteiger partial charge in [-0.15, -0.1) is 0 Å². The molecule has 0 saturated carbocycles. The number of benzene rings is 1. The predicted molar refractivity (Wildman–Crippen MR) is 64.0 cm³/mol. The van der Waals surface area contributed by atoms with Crippen molar-refractivity contribution in [3.05, 3.63) is 23.4 Å². The summed E-state index contributed by atoms with van der Waals surface area (Å²) in [5.74, 6) is 1.45. The van der Waals surface area contributed by atoms with E-state index in [9.17, 15) is 0 Å². The van der Waals surface area contributed by atoms with Gasteiger partial charge in [-0.05, 0) is 18.6 Å². The summed E-state index contributed by atoms with van der Waals surface area (Å²) in [7, 11) is 3.26. The summed E-state index contributed by atoms with van der Waals surface area (Å²) in [5.41, 5.74) is 8.97. The van der Waals surface area contributed by atoms with E-state index >= 15 is 0 Å². The summed E-state index contributed by atoms with van der Waals surface area (Å²) in [6.07, 6.45) is 0. The monoisotopic (exact) mass is 220 g/mol. The van der Waals surface area contributed by atoms with Crippen LogP contribution in [0, 0.1) is 6.92 Å². The molecule has 0 aliphatic heterocycles. The first-order chi connectivity index (χ1) is 7.71. The van der Waals surface area contributed by atoms with Crippen molar-refractivity contribution < 1.29 is 9.47 Å². The molecule has 86 valence electrons. The quantitative estimate of drug-likeness (QED) is 0.831. The zero-order valence-corrected chi connectivity index (χ0v) is 9.76. The maximum absolute atomic E-state index is 5.73. The minimum absolute atomic E-state index is 0.515. The van der Waals surface area contributed by atoms with Crippen LogP contribution in [0.4, 0.5) is 0 Å². The summed E-state index contributed by atoms with van der Waals surface area (Å²) in [4.78, 5) is 3.29. The minimum atomic E-state index is 0.515. The lowest BCUT2D eigenvalue weighted by atomic mass is 10.1. The number of nitrogens with one attached hydrogen (secondary N) is 1. The van der Waals surface area contributed by atoms with Crippen LogP contribution in [0.1, 0.15) is 11.3 Å². The van der Waals surface area contributed by atoms with Gasteiger partial charge in [-0.2, -0.15) is 0 Å². The Labute approximate surface area is 94.3 Å². The second-order valence-corrected chi connectivity index (χ2v) is 3.69. The van der Waals surface area contributed by atoms with Gasteiger partial charge < -0.3 is 20.2 Å². The van der Waals surface area contributed by atoms with E-state index in [-0.39, 0.29) is 0 Å². The number of nitrogens with two attached hydrogens (primary N) is 1. The van der Waals surface area contributed by atoms with E-state index in [1.807, 2.05) is 19.1 Å². The van der Waals surface area contributed by atoms with Crippen LogP contribution in [0.5, 0.6) is 11.5 Å². The van der Waals surface area contributed by atoms with Gasteiger partial charge in [0, 0.05) is 29.2 Å². The summed E-state index contributed by atoms with van der Waals surface area (Å²) in [5, 5.41) is 1.10. The number of methoxy groups -OCH3 is 2. The van der Waals surface area contributed by atoms with Crippen LogP contribution >= 0.6 is 0 Å². The van der Waals surface area contributed by atoms with Gasteiger partial charge in [0.2, 0.25) is 0 Å². The number of aryl methyl sites for hydroxylation is 1. The predicted octanol–water partition coefficient (Wildman–Crippen LogP) is 1.95. The summed E-state index contributed by atoms with van der Waals surface area (Å²) < 4.78 is 10.5. The molecule has 0 aliphatic rings. The van der Waals surface area contributed by atoms with Crippen molar-refractivity contribution >= 4 is 10.9 Å². The normalized spacial score (nSPS) is 10.8. The molecule has 1 aromatic carbocycles. The summed E-state index contributed by atoms with van der Waals surface area (Å²) in [6.45, 7) is 2.53. The van der Waals surface area contributed by atoms with E-state index in [1.54, 1.807) is 14.2 Å². The highest BCUT2D eigenvalue weighted by atomic mass is 16.5. The first kappa shape index (κ1) is 10.8. The van der Waals surface area contributed by atoms with E-state index in [0.717, 1.165) is 33.7 Å². The highest BCUT2D eigenvalue weighted by molar-refractivity contribution is 5.87. The van der Waals surface area contributed by atoms with E-state index in [4.69, 9.17) is 15.2 Å². The molecular weight excluding hydrogens is 204 g/mol. The van der Waals surface area contributed by atoms with Crippen LogP contribution in [0.15, 0.2) is 12.1 Å². The van der Waals surface area contributed by atoms with Gasteiger partial charge in [0.1, 0.15) is 0 Å². The van der Waals surface area contributed by atoms with Crippen LogP contribution in [0.3, 0.4) is 0 Å². The van der Waals surface area contributed by atoms with Crippen molar-refractivity contribution in [1.29, 1.82) is 0 Å². The van der Waals surface area contributed by atoms with Crippen LogP contribution < -0.4 is 15.2 Å². The molecule has 0 saturated heterocycles. The van der Waals surface area contributed by atoms with Crippen molar-refractivity contribution in [2.45, 2.75) is 13.5 Å². The third-order valence-corrected chi connectivity index (χ3v) is 2.83.